The fourth-order valence-electron chi connectivity index (χ4n) is 4.93. The van der Waals surface area contributed by atoms with Gasteiger partial charge in [0.25, 0.3) is 11.8 Å². The minimum Gasteiger partial charge on any atom is -0.462 e. The molecule has 0 unspecified atom stereocenters. The molecule has 1 aromatic carbocycles. The lowest BCUT2D eigenvalue weighted by Crippen LogP contribution is -2.35. The Labute approximate surface area is 218 Å². The molecule has 3 heterocycles. The second kappa shape index (κ2) is 13.4. The van der Waals surface area contributed by atoms with E-state index in [-0.39, 0.29) is 18.4 Å². The quantitative estimate of drug-likeness (QED) is 0.452. The summed E-state index contributed by atoms with van der Waals surface area (Å²) in [7, 11) is 0. The third kappa shape index (κ3) is 6.97. The number of nitrogens with zero attached hydrogens (tertiary/aromatic N) is 3. The largest absolute Gasteiger partial charge is 0.462 e. The van der Waals surface area contributed by atoms with Crippen molar-refractivity contribution in [1.82, 2.24) is 20.0 Å². The van der Waals surface area contributed by atoms with E-state index >= 15 is 0 Å². The molecule has 1 fully saturated rings. The van der Waals surface area contributed by atoms with Crippen LogP contribution in [0.2, 0.25) is 0 Å². The van der Waals surface area contributed by atoms with E-state index in [2.05, 4.69) is 5.32 Å². The third-order valence-corrected chi connectivity index (χ3v) is 6.88. The number of ether oxygens (including phenoxy) is 2. The van der Waals surface area contributed by atoms with Crippen LogP contribution >= 0.6 is 0 Å². The van der Waals surface area contributed by atoms with Crippen molar-refractivity contribution in [2.45, 2.75) is 64.8 Å². The zero-order valence-electron chi connectivity index (χ0n) is 21.8. The van der Waals surface area contributed by atoms with Crippen LogP contribution in [-0.4, -0.2) is 71.9 Å². The summed E-state index contributed by atoms with van der Waals surface area (Å²) in [6.07, 6.45) is 6.73. The molecule has 1 N–H and O–H groups in total. The lowest BCUT2D eigenvalue weighted by Gasteiger charge is -2.26. The molecule has 200 valence electrons. The molecule has 9 nitrogen and oxygen atoms in total. The molecule has 2 aliphatic rings. The number of carbonyl (C=O) groups excluding carboxylic acids is 3. The molecule has 2 aliphatic heterocycles. The zero-order chi connectivity index (χ0) is 26.0. The van der Waals surface area contributed by atoms with Gasteiger partial charge in [0, 0.05) is 51.4 Å². The predicted octanol–water partition coefficient (Wildman–Crippen LogP) is 3.40. The van der Waals surface area contributed by atoms with E-state index in [9.17, 15) is 14.4 Å². The number of likely N-dealkylation sites (tertiary alicyclic amines) is 1. The van der Waals surface area contributed by atoms with Gasteiger partial charge in [0.2, 0.25) is 0 Å². The topological polar surface area (TPSA) is 103 Å². The minimum atomic E-state index is -0.446. The molecule has 9 heteroatoms. The molecule has 1 aromatic heterocycles. The smallest absolute Gasteiger partial charge is 0.338 e. The van der Waals surface area contributed by atoms with Gasteiger partial charge in [0.15, 0.2) is 0 Å². The summed E-state index contributed by atoms with van der Waals surface area (Å²) in [6, 6.07) is 6.77. The van der Waals surface area contributed by atoms with Crippen LogP contribution in [0.3, 0.4) is 0 Å². The summed E-state index contributed by atoms with van der Waals surface area (Å²) < 4.78 is 13.1. The third-order valence-electron chi connectivity index (χ3n) is 6.88. The van der Waals surface area contributed by atoms with Gasteiger partial charge in [-0.05, 0) is 63.1 Å². The number of piperidine rings is 1. The highest BCUT2D eigenvalue weighted by Gasteiger charge is 2.23. The van der Waals surface area contributed by atoms with Crippen molar-refractivity contribution in [1.29, 1.82) is 0 Å². The van der Waals surface area contributed by atoms with Crippen molar-refractivity contribution in [3.8, 4) is 0 Å². The minimum absolute atomic E-state index is 0.0344. The molecule has 0 saturated carbocycles. The van der Waals surface area contributed by atoms with Crippen LogP contribution in [0.5, 0.6) is 0 Å². The molecule has 1 saturated heterocycles. The van der Waals surface area contributed by atoms with E-state index in [1.807, 2.05) is 16.5 Å². The van der Waals surface area contributed by atoms with Crippen LogP contribution in [0.1, 0.15) is 87.9 Å². The van der Waals surface area contributed by atoms with E-state index in [1.54, 1.807) is 24.3 Å². The summed E-state index contributed by atoms with van der Waals surface area (Å²) in [5.74, 6) is -0.558. The maximum absolute atomic E-state index is 12.9. The molecule has 0 bridgehead atoms. The summed E-state index contributed by atoms with van der Waals surface area (Å²) in [5.41, 5.74) is 3.27. The van der Waals surface area contributed by atoms with E-state index in [0.717, 1.165) is 56.6 Å². The van der Waals surface area contributed by atoms with Crippen LogP contribution in [0.4, 0.5) is 0 Å². The highest BCUT2D eigenvalue weighted by atomic mass is 16.5. The normalized spacial score (nSPS) is 16.9. The number of nitrogens with one attached hydrogen (secondary N) is 1. The molecular formula is C28H38N4O5. The Balaban J connectivity index is 1.35. The number of rotatable bonds is 7. The van der Waals surface area contributed by atoms with Gasteiger partial charge < -0.3 is 19.7 Å². The van der Waals surface area contributed by atoms with Crippen LogP contribution < -0.4 is 5.32 Å². The standard InChI is InChI=1S/C28H38N4O5/c1-2-23-25-24(12-7-17-36-18-8-13-29-26(25)33)32(30-23)16-9-19-37-28(35)22-11-6-10-21(20-22)27(34)31-14-4-3-5-15-31/h6,10-11,20H,2-5,7-9,12-19H2,1H3,(H,29,33). The van der Waals surface area contributed by atoms with Crippen LogP contribution in [0, 0.1) is 0 Å². The Bertz CT molecular complexity index is 1090. The second-order valence-corrected chi connectivity index (χ2v) is 9.59. The SMILES string of the molecule is CCc1nn(CCCOC(=O)c2cccc(C(=O)N3CCCCC3)c2)c2c1C(=O)NCCCOCCC2. The molecule has 2 aromatic rings. The Kier molecular flexibility index (Phi) is 9.71. The fraction of sp³-hybridized carbons (Fsp3) is 0.571. The molecule has 0 spiro atoms. The van der Waals surface area contributed by atoms with Crippen LogP contribution in [0.25, 0.3) is 0 Å². The number of aromatic nitrogens is 2. The lowest BCUT2D eigenvalue weighted by molar-refractivity contribution is 0.0494. The Hall–Kier alpha value is -3.20. The summed E-state index contributed by atoms with van der Waals surface area (Å²) in [6.45, 7) is 6.15. The Morgan fingerprint density at radius 3 is 2.68 bits per heavy atom. The van der Waals surface area contributed by atoms with Gasteiger partial charge in [-0.1, -0.05) is 13.0 Å². The average molecular weight is 511 g/mol. The molecule has 0 radical (unpaired) electrons. The number of carbonyl (C=O) groups is 3. The maximum Gasteiger partial charge on any atom is 0.338 e. The number of amides is 2. The van der Waals surface area contributed by atoms with E-state index in [4.69, 9.17) is 14.6 Å². The first-order valence-corrected chi connectivity index (χ1v) is 13.6. The van der Waals surface area contributed by atoms with E-state index < -0.39 is 5.97 Å². The fourth-order valence-corrected chi connectivity index (χ4v) is 4.93. The molecule has 0 atom stereocenters. The van der Waals surface area contributed by atoms with Gasteiger partial charge in [-0.3, -0.25) is 14.3 Å². The van der Waals surface area contributed by atoms with Crippen molar-refractivity contribution in [2.24, 2.45) is 0 Å². The maximum atomic E-state index is 12.9. The molecule has 4 rings (SSSR count). The van der Waals surface area contributed by atoms with Gasteiger partial charge in [-0.25, -0.2) is 4.79 Å². The summed E-state index contributed by atoms with van der Waals surface area (Å²) in [4.78, 5) is 40.2. The summed E-state index contributed by atoms with van der Waals surface area (Å²) in [5, 5.41) is 7.70. The molecule has 37 heavy (non-hydrogen) atoms. The number of aryl methyl sites for hydroxylation is 2. The number of hydrogen-bond acceptors (Lipinski definition) is 6. The van der Waals surface area contributed by atoms with Gasteiger partial charge in [0.1, 0.15) is 0 Å². The number of hydrogen-bond donors (Lipinski definition) is 1. The Morgan fingerprint density at radius 1 is 1.08 bits per heavy atom. The summed E-state index contributed by atoms with van der Waals surface area (Å²) >= 11 is 0. The van der Waals surface area contributed by atoms with E-state index in [0.29, 0.717) is 62.3 Å². The lowest BCUT2D eigenvalue weighted by atomic mass is 10.1. The van der Waals surface area contributed by atoms with Gasteiger partial charge in [0.05, 0.1) is 29.1 Å². The van der Waals surface area contributed by atoms with Crippen molar-refractivity contribution >= 4 is 17.8 Å². The van der Waals surface area contributed by atoms with Gasteiger partial charge in [-0.2, -0.15) is 5.10 Å². The monoisotopic (exact) mass is 510 g/mol. The molecule has 2 amide bonds. The first-order chi connectivity index (χ1) is 18.1. The first kappa shape index (κ1) is 26.9. The highest BCUT2D eigenvalue weighted by Crippen LogP contribution is 2.19. The van der Waals surface area contributed by atoms with Gasteiger partial charge in [-0.15, -0.1) is 0 Å². The van der Waals surface area contributed by atoms with Gasteiger partial charge >= 0.3 is 5.97 Å². The predicted molar refractivity (Wildman–Crippen MR) is 139 cm³/mol. The van der Waals surface area contributed by atoms with Crippen LogP contribution in [-0.2, 0) is 28.9 Å². The number of fused-ring (bicyclic) bond motifs is 1. The van der Waals surface area contributed by atoms with Crippen molar-refractivity contribution in [3.63, 3.8) is 0 Å². The second-order valence-electron chi connectivity index (χ2n) is 9.59. The van der Waals surface area contributed by atoms with Crippen LogP contribution in [0.15, 0.2) is 24.3 Å². The molecular weight excluding hydrogens is 472 g/mol. The zero-order valence-corrected chi connectivity index (χ0v) is 21.8. The first-order valence-electron chi connectivity index (χ1n) is 13.6. The van der Waals surface area contributed by atoms with Crippen molar-refractivity contribution < 1.29 is 23.9 Å². The highest BCUT2D eigenvalue weighted by molar-refractivity contribution is 5.98. The Morgan fingerprint density at radius 2 is 1.86 bits per heavy atom. The van der Waals surface area contributed by atoms with E-state index in [1.165, 1.54) is 0 Å². The van der Waals surface area contributed by atoms with Crippen molar-refractivity contribution in [2.75, 3.05) is 39.5 Å². The number of benzene rings is 1. The number of esters is 1. The average Bonchev–Trinajstić information content (AvgIpc) is 3.27. The van der Waals surface area contributed by atoms with Crippen molar-refractivity contribution in [3.05, 3.63) is 52.3 Å². The molecule has 0 aliphatic carbocycles.